The third-order valence-corrected chi connectivity index (χ3v) is 5.15. The molecule has 0 bridgehead atoms. The van der Waals surface area contributed by atoms with E-state index in [-0.39, 0.29) is 30.7 Å². The van der Waals surface area contributed by atoms with Gasteiger partial charge in [0.15, 0.2) is 0 Å². The van der Waals surface area contributed by atoms with Crippen molar-refractivity contribution in [3.8, 4) is 0 Å². The van der Waals surface area contributed by atoms with Crippen molar-refractivity contribution in [1.29, 1.82) is 0 Å². The van der Waals surface area contributed by atoms with E-state index in [1.54, 1.807) is 12.1 Å². The summed E-state index contributed by atoms with van der Waals surface area (Å²) in [5, 5.41) is 2.87. The van der Waals surface area contributed by atoms with Gasteiger partial charge in [0, 0.05) is 6.54 Å². The molecule has 6 heteroatoms. The molecule has 1 spiro atoms. The molecule has 2 aliphatic rings. The molecule has 1 saturated heterocycles. The van der Waals surface area contributed by atoms with Crippen molar-refractivity contribution >= 4 is 27.7 Å². The van der Waals surface area contributed by atoms with Crippen molar-refractivity contribution in [2.75, 3.05) is 6.54 Å². The summed E-state index contributed by atoms with van der Waals surface area (Å²) in [5.74, 6) is -0.545. The second-order valence-electron chi connectivity index (χ2n) is 5.71. The minimum absolute atomic E-state index is 0.0313. The Hall–Kier alpha value is -1.43. The number of amides is 2. The number of piperazine rings is 1. The highest BCUT2D eigenvalue weighted by atomic mass is 79.9. The van der Waals surface area contributed by atoms with E-state index in [2.05, 4.69) is 21.2 Å². The van der Waals surface area contributed by atoms with Crippen LogP contribution in [0, 0.1) is 5.82 Å². The van der Waals surface area contributed by atoms with E-state index in [9.17, 15) is 14.0 Å². The van der Waals surface area contributed by atoms with E-state index in [1.807, 2.05) is 0 Å². The maximum absolute atomic E-state index is 13.6. The summed E-state index contributed by atoms with van der Waals surface area (Å²) in [6.45, 7) is 0.274. The number of nitrogens with zero attached hydrogens (tertiary/aromatic N) is 1. The predicted octanol–water partition coefficient (Wildman–Crippen LogP) is 2.36. The predicted molar refractivity (Wildman–Crippen MR) is 78.9 cm³/mol. The van der Waals surface area contributed by atoms with Gasteiger partial charge in [-0.25, -0.2) is 4.39 Å². The van der Waals surface area contributed by atoms with Crippen LogP contribution in [0.1, 0.15) is 31.2 Å². The Kier molecular flexibility index (Phi) is 3.73. The van der Waals surface area contributed by atoms with Gasteiger partial charge in [0.1, 0.15) is 11.4 Å². The molecular formula is C15H16BrFN2O2. The van der Waals surface area contributed by atoms with Crippen LogP contribution in [0.3, 0.4) is 0 Å². The molecule has 0 aromatic heterocycles. The van der Waals surface area contributed by atoms with Crippen LogP contribution in [0.4, 0.5) is 4.39 Å². The van der Waals surface area contributed by atoms with Gasteiger partial charge in [-0.2, -0.15) is 0 Å². The summed E-state index contributed by atoms with van der Waals surface area (Å²) in [7, 11) is 0. The van der Waals surface area contributed by atoms with Gasteiger partial charge in [0.05, 0.1) is 11.0 Å². The Balaban J connectivity index is 1.86. The van der Waals surface area contributed by atoms with Crippen molar-refractivity contribution in [3.63, 3.8) is 0 Å². The molecule has 1 aromatic rings. The molecule has 3 rings (SSSR count). The first kappa shape index (κ1) is 14.5. The minimum Gasteiger partial charge on any atom is -0.340 e. The number of benzene rings is 1. The summed E-state index contributed by atoms with van der Waals surface area (Å²) < 4.78 is 13.9. The van der Waals surface area contributed by atoms with Crippen LogP contribution in [0.15, 0.2) is 22.7 Å². The van der Waals surface area contributed by atoms with Crippen LogP contribution in [0.25, 0.3) is 0 Å². The van der Waals surface area contributed by atoms with Gasteiger partial charge < -0.3 is 10.2 Å². The molecule has 2 fully saturated rings. The van der Waals surface area contributed by atoms with Crippen molar-refractivity contribution in [2.24, 2.45) is 0 Å². The van der Waals surface area contributed by atoms with Gasteiger partial charge in [0.2, 0.25) is 11.8 Å². The molecule has 4 nitrogen and oxygen atoms in total. The molecule has 0 atom stereocenters. The fourth-order valence-electron chi connectivity index (χ4n) is 3.23. The molecule has 1 aromatic carbocycles. The van der Waals surface area contributed by atoms with Crippen LogP contribution < -0.4 is 5.32 Å². The number of carbonyl (C=O) groups is 2. The monoisotopic (exact) mass is 354 g/mol. The largest absolute Gasteiger partial charge is 0.340 e. The van der Waals surface area contributed by atoms with Gasteiger partial charge in [-0.15, -0.1) is 0 Å². The van der Waals surface area contributed by atoms with E-state index >= 15 is 0 Å². The first-order valence-electron chi connectivity index (χ1n) is 7.05. The maximum Gasteiger partial charge on any atom is 0.249 e. The van der Waals surface area contributed by atoms with Crippen LogP contribution in [-0.4, -0.2) is 28.8 Å². The summed E-state index contributed by atoms with van der Waals surface area (Å²) in [6.07, 6.45) is 3.28. The number of carbonyl (C=O) groups excluding carboxylic acids is 2. The van der Waals surface area contributed by atoms with Gasteiger partial charge in [-0.1, -0.05) is 25.0 Å². The number of hydrogen-bond donors (Lipinski definition) is 1. The Morgan fingerprint density at radius 3 is 2.71 bits per heavy atom. The van der Waals surface area contributed by atoms with Gasteiger partial charge in [-0.05, 0) is 40.4 Å². The van der Waals surface area contributed by atoms with E-state index in [0.717, 1.165) is 12.8 Å². The van der Waals surface area contributed by atoms with Crippen molar-refractivity contribution in [2.45, 2.75) is 37.8 Å². The average Bonchev–Trinajstić information content (AvgIpc) is 2.90. The SMILES string of the molecule is O=C1CN(Cc2cccc(F)c2Br)C(=O)C2(CCCC2)N1. The first-order valence-corrected chi connectivity index (χ1v) is 7.84. The fraction of sp³-hybridized carbons (Fsp3) is 0.467. The third-order valence-electron chi connectivity index (χ3n) is 4.26. The van der Waals surface area contributed by atoms with Crippen LogP contribution in [-0.2, 0) is 16.1 Å². The molecule has 1 heterocycles. The molecule has 1 aliphatic carbocycles. The maximum atomic E-state index is 13.6. The molecular weight excluding hydrogens is 339 g/mol. The first-order chi connectivity index (χ1) is 10.0. The number of nitrogens with one attached hydrogen (secondary N) is 1. The zero-order valence-electron chi connectivity index (χ0n) is 11.5. The van der Waals surface area contributed by atoms with Gasteiger partial charge in [-0.3, -0.25) is 9.59 Å². The molecule has 112 valence electrons. The molecule has 2 amide bonds. The minimum atomic E-state index is -0.727. The zero-order valence-corrected chi connectivity index (χ0v) is 13.1. The summed E-state index contributed by atoms with van der Waals surface area (Å²) in [6, 6.07) is 4.72. The quantitative estimate of drug-likeness (QED) is 0.886. The number of rotatable bonds is 2. The van der Waals surface area contributed by atoms with Crippen molar-refractivity contribution < 1.29 is 14.0 Å². The fourth-order valence-corrected chi connectivity index (χ4v) is 3.62. The highest BCUT2D eigenvalue weighted by Gasteiger charge is 2.48. The summed E-state index contributed by atoms with van der Waals surface area (Å²) in [4.78, 5) is 26.2. The normalized spacial score (nSPS) is 21.0. The Labute approximate surface area is 130 Å². The molecule has 1 saturated carbocycles. The zero-order chi connectivity index (χ0) is 15.0. The Morgan fingerprint density at radius 1 is 1.29 bits per heavy atom. The highest BCUT2D eigenvalue weighted by Crippen LogP contribution is 2.34. The Bertz CT molecular complexity index is 599. The number of hydrogen-bond acceptors (Lipinski definition) is 2. The lowest BCUT2D eigenvalue weighted by Gasteiger charge is -2.39. The highest BCUT2D eigenvalue weighted by molar-refractivity contribution is 9.10. The van der Waals surface area contributed by atoms with Crippen LogP contribution in [0.5, 0.6) is 0 Å². The van der Waals surface area contributed by atoms with E-state index in [0.29, 0.717) is 22.9 Å². The van der Waals surface area contributed by atoms with Crippen molar-refractivity contribution in [1.82, 2.24) is 10.2 Å². The summed E-state index contributed by atoms with van der Waals surface area (Å²) >= 11 is 3.20. The van der Waals surface area contributed by atoms with Crippen LogP contribution >= 0.6 is 15.9 Å². The Morgan fingerprint density at radius 2 is 2.00 bits per heavy atom. The van der Waals surface area contributed by atoms with Crippen molar-refractivity contribution in [3.05, 3.63) is 34.1 Å². The smallest absolute Gasteiger partial charge is 0.249 e. The lowest BCUT2D eigenvalue weighted by Crippen LogP contribution is -2.65. The third kappa shape index (κ3) is 2.57. The molecule has 1 N–H and O–H groups in total. The second-order valence-corrected chi connectivity index (χ2v) is 6.50. The standard InChI is InChI=1S/C15H16BrFN2O2/c16-13-10(4-3-5-11(13)17)8-19-9-12(20)18-15(14(19)21)6-1-2-7-15/h3-5H,1-2,6-9H2,(H,18,20). The summed E-state index contributed by atoms with van der Waals surface area (Å²) in [5.41, 5.74) is -0.0546. The topological polar surface area (TPSA) is 49.4 Å². The van der Waals surface area contributed by atoms with E-state index in [1.165, 1.54) is 11.0 Å². The van der Waals surface area contributed by atoms with E-state index < -0.39 is 5.54 Å². The molecule has 1 aliphatic heterocycles. The molecule has 0 radical (unpaired) electrons. The van der Waals surface area contributed by atoms with Gasteiger partial charge in [0.25, 0.3) is 0 Å². The number of halogens is 2. The van der Waals surface area contributed by atoms with E-state index in [4.69, 9.17) is 0 Å². The second kappa shape index (κ2) is 5.40. The lowest BCUT2D eigenvalue weighted by molar-refractivity contribution is -0.150. The van der Waals surface area contributed by atoms with Gasteiger partial charge >= 0.3 is 0 Å². The molecule has 21 heavy (non-hydrogen) atoms. The average molecular weight is 355 g/mol. The van der Waals surface area contributed by atoms with Crippen LogP contribution in [0.2, 0.25) is 0 Å². The molecule has 0 unspecified atom stereocenters. The lowest BCUT2D eigenvalue weighted by atomic mass is 9.93.